The lowest BCUT2D eigenvalue weighted by atomic mass is 10.4. The van der Waals surface area contributed by atoms with Crippen LogP contribution in [-0.2, 0) is 0 Å². The van der Waals surface area contributed by atoms with E-state index in [0.717, 1.165) is 13.0 Å². The molecule has 0 atom stereocenters. The van der Waals surface area contributed by atoms with Gasteiger partial charge < -0.3 is 10.1 Å². The highest BCUT2D eigenvalue weighted by molar-refractivity contribution is 5.04. The zero-order valence-corrected chi connectivity index (χ0v) is 7.16. The molecular formula is C8H13N3O. The summed E-state index contributed by atoms with van der Waals surface area (Å²) in [5.41, 5.74) is 0. The molecule has 4 heteroatoms. The van der Waals surface area contributed by atoms with E-state index in [9.17, 15) is 0 Å². The minimum atomic E-state index is 0.591. The molecule has 0 aliphatic rings. The third kappa shape index (κ3) is 3.30. The Morgan fingerprint density at radius 1 is 1.58 bits per heavy atom. The first-order chi connectivity index (χ1) is 5.93. The first-order valence-corrected chi connectivity index (χ1v) is 3.98. The number of rotatable bonds is 5. The van der Waals surface area contributed by atoms with Crippen molar-refractivity contribution in [3.8, 4) is 5.88 Å². The fourth-order valence-electron chi connectivity index (χ4n) is 0.790. The molecule has 0 bridgehead atoms. The Balaban J connectivity index is 2.16. The van der Waals surface area contributed by atoms with Crippen LogP contribution in [-0.4, -0.2) is 30.4 Å². The van der Waals surface area contributed by atoms with Crippen LogP contribution >= 0.6 is 0 Å². The fraction of sp³-hybridized carbons (Fsp3) is 0.500. The monoisotopic (exact) mass is 167 g/mol. The van der Waals surface area contributed by atoms with Crippen LogP contribution in [0.3, 0.4) is 0 Å². The number of hydrogen-bond acceptors (Lipinski definition) is 4. The molecular weight excluding hydrogens is 154 g/mol. The Morgan fingerprint density at radius 2 is 2.50 bits per heavy atom. The molecule has 1 aromatic rings. The highest BCUT2D eigenvalue weighted by atomic mass is 16.5. The van der Waals surface area contributed by atoms with Gasteiger partial charge in [-0.05, 0) is 26.1 Å². The number of nitrogens with one attached hydrogen (secondary N) is 1. The Morgan fingerprint density at radius 3 is 3.17 bits per heavy atom. The molecule has 1 N–H and O–H groups in total. The number of aromatic nitrogens is 2. The molecule has 0 radical (unpaired) electrons. The maximum absolute atomic E-state index is 5.29. The Kier molecular flexibility index (Phi) is 4.08. The first-order valence-electron chi connectivity index (χ1n) is 3.98. The molecule has 0 aliphatic carbocycles. The van der Waals surface area contributed by atoms with Crippen LogP contribution in [0.5, 0.6) is 5.88 Å². The summed E-state index contributed by atoms with van der Waals surface area (Å²) in [4.78, 5) is 0. The van der Waals surface area contributed by atoms with Crippen molar-refractivity contribution in [3.05, 3.63) is 18.3 Å². The van der Waals surface area contributed by atoms with Gasteiger partial charge in [0.2, 0.25) is 5.88 Å². The van der Waals surface area contributed by atoms with Gasteiger partial charge >= 0.3 is 0 Å². The molecule has 0 spiro atoms. The van der Waals surface area contributed by atoms with E-state index in [1.807, 2.05) is 7.05 Å². The van der Waals surface area contributed by atoms with Crippen molar-refractivity contribution in [3.63, 3.8) is 0 Å². The van der Waals surface area contributed by atoms with Gasteiger partial charge in [0, 0.05) is 12.3 Å². The van der Waals surface area contributed by atoms with Crippen molar-refractivity contribution in [1.82, 2.24) is 15.5 Å². The zero-order valence-electron chi connectivity index (χ0n) is 7.16. The van der Waals surface area contributed by atoms with E-state index >= 15 is 0 Å². The van der Waals surface area contributed by atoms with Crippen LogP contribution < -0.4 is 10.1 Å². The summed E-state index contributed by atoms with van der Waals surface area (Å²) >= 11 is 0. The normalized spacial score (nSPS) is 9.75. The molecule has 66 valence electrons. The summed E-state index contributed by atoms with van der Waals surface area (Å²) < 4.78 is 5.29. The Labute approximate surface area is 72.0 Å². The lowest BCUT2D eigenvalue weighted by Crippen LogP contribution is -2.11. The Bertz CT molecular complexity index is 203. The number of nitrogens with zero attached hydrogens (tertiary/aromatic N) is 2. The maximum Gasteiger partial charge on any atom is 0.233 e. The first kappa shape index (κ1) is 8.93. The van der Waals surface area contributed by atoms with Crippen LogP contribution in [0.25, 0.3) is 0 Å². The van der Waals surface area contributed by atoms with E-state index in [-0.39, 0.29) is 0 Å². The predicted octanol–water partition coefficient (Wildman–Crippen LogP) is 0.465. The molecule has 0 fully saturated rings. The van der Waals surface area contributed by atoms with Crippen LogP contribution in [0, 0.1) is 0 Å². The molecule has 0 aliphatic heterocycles. The van der Waals surface area contributed by atoms with Crippen LogP contribution in [0.2, 0.25) is 0 Å². The van der Waals surface area contributed by atoms with Crippen LogP contribution in [0.15, 0.2) is 18.3 Å². The van der Waals surface area contributed by atoms with E-state index in [1.165, 1.54) is 0 Å². The highest BCUT2D eigenvalue weighted by Crippen LogP contribution is 2.00. The zero-order chi connectivity index (χ0) is 8.65. The van der Waals surface area contributed by atoms with Gasteiger partial charge in [0.05, 0.1) is 6.61 Å². The maximum atomic E-state index is 5.29. The quantitative estimate of drug-likeness (QED) is 0.647. The predicted molar refractivity (Wildman–Crippen MR) is 46.1 cm³/mol. The molecule has 0 unspecified atom stereocenters. The second-order valence-electron chi connectivity index (χ2n) is 2.37. The summed E-state index contributed by atoms with van der Waals surface area (Å²) in [5.74, 6) is 0.591. The second-order valence-corrected chi connectivity index (χ2v) is 2.37. The molecule has 1 heterocycles. The molecule has 0 amide bonds. The largest absolute Gasteiger partial charge is 0.477 e. The number of hydrogen-bond donors (Lipinski definition) is 1. The summed E-state index contributed by atoms with van der Waals surface area (Å²) in [6, 6.07) is 3.60. The smallest absolute Gasteiger partial charge is 0.233 e. The van der Waals surface area contributed by atoms with Crippen LogP contribution in [0.1, 0.15) is 6.42 Å². The van der Waals surface area contributed by atoms with E-state index in [1.54, 1.807) is 18.3 Å². The van der Waals surface area contributed by atoms with Crippen molar-refractivity contribution in [2.24, 2.45) is 0 Å². The van der Waals surface area contributed by atoms with Gasteiger partial charge in [0.15, 0.2) is 0 Å². The molecule has 0 aromatic carbocycles. The summed E-state index contributed by atoms with van der Waals surface area (Å²) in [7, 11) is 1.92. The van der Waals surface area contributed by atoms with E-state index in [4.69, 9.17) is 4.74 Å². The fourth-order valence-corrected chi connectivity index (χ4v) is 0.790. The van der Waals surface area contributed by atoms with Gasteiger partial charge in [-0.2, -0.15) is 5.10 Å². The van der Waals surface area contributed by atoms with Gasteiger partial charge in [-0.15, -0.1) is 5.10 Å². The van der Waals surface area contributed by atoms with Crippen molar-refractivity contribution in [1.29, 1.82) is 0 Å². The molecule has 4 nitrogen and oxygen atoms in total. The van der Waals surface area contributed by atoms with Gasteiger partial charge in [-0.25, -0.2) is 0 Å². The van der Waals surface area contributed by atoms with Crippen molar-refractivity contribution >= 4 is 0 Å². The molecule has 12 heavy (non-hydrogen) atoms. The summed E-state index contributed by atoms with van der Waals surface area (Å²) in [5, 5.41) is 10.5. The topological polar surface area (TPSA) is 47.0 Å². The lowest BCUT2D eigenvalue weighted by molar-refractivity contribution is 0.295. The molecule has 1 rings (SSSR count). The van der Waals surface area contributed by atoms with Crippen LogP contribution in [0.4, 0.5) is 0 Å². The molecule has 1 aromatic heterocycles. The highest BCUT2D eigenvalue weighted by Gasteiger charge is 1.91. The molecule has 0 saturated heterocycles. The second kappa shape index (κ2) is 5.49. The van der Waals surface area contributed by atoms with Crippen molar-refractivity contribution in [2.45, 2.75) is 6.42 Å². The van der Waals surface area contributed by atoms with Gasteiger partial charge in [0.25, 0.3) is 0 Å². The van der Waals surface area contributed by atoms with Gasteiger partial charge in [0.1, 0.15) is 0 Å². The van der Waals surface area contributed by atoms with Gasteiger partial charge in [-0.3, -0.25) is 0 Å². The average Bonchev–Trinajstić information content (AvgIpc) is 2.14. The average molecular weight is 167 g/mol. The Hall–Kier alpha value is -1.16. The SMILES string of the molecule is CNCCCOc1cccnn1. The summed E-state index contributed by atoms with van der Waals surface area (Å²) in [6.45, 7) is 1.64. The molecule has 0 saturated carbocycles. The van der Waals surface area contributed by atoms with E-state index in [2.05, 4.69) is 15.5 Å². The summed E-state index contributed by atoms with van der Waals surface area (Å²) in [6.07, 6.45) is 2.60. The van der Waals surface area contributed by atoms with Crippen molar-refractivity contribution < 1.29 is 4.74 Å². The standard InChI is InChI=1S/C8H13N3O/c1-9-5-3-7-12-8-4-2-6-10-11-8/h2,4,6,9H,3,5,7H2,1H3. The van der Waals surface area contributed by atoms with E-state index < -0.39 is 0 Å². The minimum absolute atomic E-state index is 0.591. The van der Waals surface area contributed by atoms with E-state index in [0.29, 0.717) is 12.5 Å². The van der Waals surface area contributed by atoms with Crippen molar-refractivity contribution in [2.75, 3.05) is 20.2 Å². The third-order valence-electron chi connectivity index (χ3n) is 1.37. The third-order valence-corrected chi connectivity index (χ3v) is 1.37. The number of ether oxygens (including phenoxy) is 1. The minimum Gasteiger partial charge on any atom is -0.477 e. The van der Waals surface area contributed by atoms with Gasteiger partial charge in [-0.1, -0.05) is 0 Å². The lowest BCUT2D eigenvalue weighted by Gasteiger charge is -2.02.